The van der Waals surface area contributed by atoms with Gasteiger partial charge in [-0.3, -0.25) is 4.79 Å². The molecule has 0 aliphatic carbocycles. The van der Waals surface area contributed by atoms with Gasteiger partial charge in [-0.05, 0) is 36.4 Å². The van der Waals surface area contributed by atoms with Crippen molar-refractivity contribution in [2.75, 3.05) is 43.5 Å². The molecule has 1 saturated heterocycles. The van der Waals surface area contributed by atoms with Crippen LogP contribution in [0.3, 0.4) is 0 Å². The van der Waals surface area contributed by atoms with Crippen LogP contribution in [0.5, 0.6) is 5.75 Å². The Kier molecular flexibility index (Phi) is 6.24. The molecule has 1 aliphatic heterocycles. The van der Waals surface area contributed by atoms with E-state index in [4.69, 9.17) is 4.74 Å². The van der Waals surface area contributed by atoms with E-state index >= 15 is 0 Å². The molecule has 0 bridgehead atoms. The van der Waals surface area contributed by atoms with Gasteiger partial charge in [-0.25, -0.2) is 18.4 Å². The molecule has 13 heteroatoms. The molecule has 0 radical (unpaired) electrons. The van der Waals surface area contributed by atoms with Crippen LogP contribution in [-0.2, 0) is 14.8 Å². The summed E-state index contributed by atoms with van der Waals surface area (Å²) in [6.45, 7) is 2.83. The van der Waals surface area contributed by atoms with Gasteiger partial charge in [0.2, 0.25) is 15.9 Å². The fraction of sp³-hybridized carbons (Fsp3) is 0.261. The zero-order valence-corrected chi connectivity index (χ0v) is 20.5. The second-order valence-electron chi connectivity index (χ2n) is 8.17. The van der Waals surface area contributed by atoms with E-state index in [-0.39, 0.29) is 23.9 Å². The van der Waals surface area contributed by atoms with Gasteiger partial charge in [0, 0.05) is 44.9 Å². The maximum atomic E-state index is 13.1. The number of aromatic nitrogens is 5. The molecule has 5 rings (SSSR count). The molecule has 2 aromatic carbocycles. The third-order valence-corrected chi connectivity index (χ3v) is 7.78. The van der Waals surface area contributed by atoms with Crippen LogP contribution in [0.15, 0.2) is 59.8 Å². The van der Waals surface area contributed by atoms with E-state index in [1.807, 2.05) is 29.2 Å². The molecule has 0 spiro atoms. The second-order valence-corrected chi connectivity index (χ2v) is 10.1. The summed E-state index contributed by atoms with van der Waals surface area (Å²) in [6, 6.07) is 13.6. The quantitative estimate of drug-likeness (QED) is 0.413. The van der Waals surface area contributed by atoms with E-state index in [9.17, 15) is 13.2 Å². The minimum Gasteiger partial charge on any atom is -0.497 e. The van der Waals surface area contributed by atoms with E-state index in [0.717, 1.165) is 5.69 Å². The Morgan fingerprint density at radius 3 is 2.47 bits per heavy atom. The number of hydrogen-bond donors (Lipinski definition) is 1. The Hall–Kier alpha value is -4.10. The number of amides is 1. The number of carbonyl (C=O) groups excluding carboxylic acids is 1. The number of nitrogens with zero attached hydrogens (tertiary/aromatic N) is 7. The second kappa shape index (κ2) is 9.51. The molecule has 36 heavy (non-hydrogen) atoms. The first-order valence-electron chi connectivity index (χ1n) is 11.2. The lowest BCUT2D eigenvalue weighted by molar-refractivity contribution is -0.114. The highest BCUT2D eigenvalue weighted by atomic mass is 32.2. The molecule has 0 saturated carbocycles. The van der Waals surface area contributed by atoms with Gasteiger partial charge in [0.25, 0.3) is 0 Å². The van der Waals surface area contributed by atoms with Gasteiger partial charge in [0.1, 0.15) is 12.1 Å². The smallest absolute Gasteiger partial charge is 0.243 e. The van der Waals surface area contributed by atoms with E-state index in [1.165, 1.54) is 29.7 Å². The number of carbonyl (C=O) groups is 1. The number of nitrogens with one attached hydrogen (secondary N) is 1. The van der Waals surface area contributed by atoms with Crippen LogP contribution >= 0.6 is 0 Å². The fourth-order valence-corrected chi connectivity index (χ4v) is 5.51. The van der Waals surface area contributed by atoms with Gasteiger partial charge in [0.15, 0.2) is 17.0 Å². The van der Waals surface area contributed by atoms with Crippen molar-refractivity contribution >= 4 is 38.6 Å². The van der Waals surface area contributed by atoms with Crippen molar-refractivity contribution in [1.82, 2.24) is 29.3 Å². The van der Waals surface area contributed by atoms with Gasteiger partial charge in [-0.2, -0.15) is 8.99 Å². The third-order valence-electron chi connectivity index (χ3n) is 5.87. The molecule has 2 aromatic heterocycles. The summed E-state index contributed by atoms with van der Waals surface area (Å²) >= 11 is 0. The molecule has 1 amide bonds. The van der Waals surface area contributed by atoms with Crippen molar-refractivity contribution < 1.29 is 17.9 Å². The Labute approximate surface area is 207 Å². The SMILES string of the molecule is COc1cccc(-n2nnc3c(N4CCN(S(=O)(=O)c5ccc(NC(C)=O)cc5)CC4)ncnc32)c1. The molecule has 1 N–H and O–H groups in total. The number of methoxy groups -OCH3 is 1. The molecular formula is C23H24N8O4S. The van der Waals surface area contributed by atoms with Gasteiger partial charge < -0.3 is 15.0 Å². The first kappa shape index (κ1) is 23.6. The minimum absolute atomic E-state index is 0.177. The maximum absolute atomic E-state index is 13.1. The molecular weight excluding hydrogens is 484 g/mol. The summed E-state index contributed by atoms with van der Waals surface area (Å²) in [6.07, 6.45) is 1.46. The Morgan fingerprint density at radius 2 is 1.78 bits per heavy atom. The zero-order valence-electron chi connectivity index (χ0n) is 19.7. The van der Waals surface area contributed by atoms with Crippen LogP contribution in [0, 0.1) is 0 Å². The molecule has 1 aliphatic rings. The van der Waals surface area contributed by atoms with Crippen molar-refractivity contribution in [2.45, 2.75) is 11.8 Å². The monoisotopic (exact) mass is 508 g/mol. The number of piperazine rings is 1. The Bertz CT molecular complexity index is 1510. The fourth-order valence-electron chi connectivity index (χ4n) is 4.09. The van der Waals surface area contributed by atoms with Crippen molar-refractivity contribution in [1.29, 1.82) is 0 Å². The highest BCUT2D eigenvalue weighted by Crippen LogP contribution is 2.26. The molecule has 186 valence electrons. The summed E-state index contributed by atoms with van der Waals surface area (Å²) in [5.41, 5.74) is 2.37. The van der Waals surface area contributed by atoms with Crippen molar-refractivity contribution in [3.8, 4) is 11.4 Å². The summed E-state index contributed by atoms with van der Waals surface area (Å²) in [5.74, 6) is 1.07. The van der Waals surface area contributed by atoms with Crippen molar-refractivity contribution in [3.63, 3.8) is 0 Å². The molecule has 3 heterocycles. The van der Waals surface area contributed by atoms with Crippen LogP contribution < -0.4 is 15.0 Å². The third kappa shape index (κ3) is 4.45. The number of hydrogen-bond acceptors (Lipinski definition) is 9. The van der Waals surface area contributed by atoms with Crippen LogP contribution in [0.25, 0.3) is 16.9 Å². The summed E-state index contributed by atoms with van der Waals surface area (Å²) < 4.78 is 34.7. The average Bonchev–Trinajstić information content (AvgIpc) is 3.33. The van der Waals surface area contributed by atoms with Gasteiger partial charge in [-0.15, -0.1) is 5.10 Å². The van der Waals surface area contributed by atoms with Gasteiger partial charge in [0.05, 0.1) is 17.7 Å². The highest BCUT2D eigenvalue weighted by molar-refractivity contribution is 7.89. The van der Waals surface area contributed by atoms with E-state index in [0.29, 0.717) is 41.5 Å². The summed E-state index contributed by atoms with van der Waals surface area (Å²) in [4.78, 5) is 22.2. The summed E-state index contributed by atoms with van der Waals surface area (Å²) in [5, 5.41) is 11.2. The first-order valence-corrected chi connectivity index (χ1v) is 12.6. The largest absolute Gasteiger partial charge is 0.497 e. The lowest BCUT2D eigenvalue weighted by atomic mass is 10.3. The van der Waals surface area contributed by atoms with Gasteiger partial charge in [-0.1, -0.05) is 11.3 Å². The van der Waals surface area contributed by atoms with Crippen LogP contribution in [-0.4, -0.2) is 76.9 Å². The molecule has 0 atom stereocenters. The zero-order chi connectivity index (χ0) is 25.3. The average molecular weight is 509 g/mol. The Morgan fingerprint density at radius 1 is 1.03 bits per heavy atom. The first-order chi connectivity index (χ1) is 17.4. The molecule has 4 aromatic rings. The van der Waals surface area contributed by atoms with Crippen LogP contribution in [0.4, 0.5) is 11.5 Å². The predicted molar refractivity (Wildman–Crippen MR) is 133 cm³/mol. The maximum Gasteiger partial charge on any atom is 0.243 e. The number of fused-ring (bicyclic) bond motifs is 1. The lowest BCUT2D eigenvalue weighted by Gasteiger charge is -2.34. The Balaban J connectivity index is 1.34. The number of rotatable bonds is 6. The number of ether oxygens (including phenoxy) is 1. The van der Waals surface area contributed by atoms with E-state index in [1.54, 1.807) is 23.9 Å². The van der Waals surface area contributed by atoms with Gasteiger partial charge >= 0.3 is 0 Å². The normalized spacial score (nSPS) is 14.7. The lowest BCUT2D eigenvalue weighted by Crippen LogP contribution is -2.49. The number of anilines is 2. The summed E-state index contributed by atoms with van der Waals surface area (Å²) in [7, 11) is -2.08. The van der Waals surface area contributed by atoms with E-state index < -0.39 is 10.0 Å². The van der Waals surface area contributed by atoms with Crippen molar-refractivity contribution in [2.24, 2.45) is 0 Å². The van der Waals surface area contributed by atoms with Crippen LogP contribution in [0.2, 0.25) is 0 Å². The topological polar surface area (TPSA) is 135 Å². The minimum atomic E-state index is -3.68. The van der Waals surface area contributed by atoms with Crippen molar-refractivity contribution in [3.05, 3.63) is 54.9 Å². The highest BCUT2D eigenvalue weighted by Gasteiger charge is 2.30. The number of sulfonamides is 1. The van der Waals surface area contributed by atoms with Crippen LogP contribution in [0.1, 0.15) is 6.92 Å². The standard InChI is InChI=1S/C23H24N8O4S/c1-16(32)26-17-6-8-20(9-7-17)36(33,34)30-12-10-29(11-13-30)22-21-23(25-15-24-22)31(28-27-21)18-4-3-5-19(14-18)35-2/h3-9,14-15H,10-13H2,1-2H3,(H,26,32). The molecule has 12 nitrogen and oxygen atoms in total. The predicted octanol–water partition coefficient (Wildman–Crippen LogP) is 1.69. The molecule has 1 fully saturated rings. The van der Waals surface area contributed by atoms with E-state index in [2.05, 4.69) is 25.6 Å². The molecule has 0 unspecified atom stereocenters. The number of benzene rings is 2.